The highest BCUT2D eigenvalue weighted by Gasteiger charge is 2.40. The number of hydrogen-bond donors (Lipinski definition) is 0. The summed E-state index contributed by atoms with van der Waals surface area (Å²) in [6, 6.07) is 9.01. The molecule has 1 aromatic rings. The van der Waals surface area contributed by atoms with Gasteiger partial charge in [-0.1, -0.05) is 18.2 Å². The van der Waals surface area contributed by atoms with Crippen LogP contribution in [0.2, 0.25) is 0 Å². The summed E-state index contributed by atoms with van der Waals surface area (Å²) in [7, 11) is 0. The number of nitrogens with zero attached hydrogens (tertiary/aromatic N) is 1. The number of rotatable bonds is 3. The average Bonchev–Trinajstić information content (AvgIpc) is 2.72. The quantitative estimate of drug-likeness (QED) is 0.599. The minimum absolute atomic E-state index is 0.115. The van der Waals surface area contributed by atoms with Crippen LogP contribution in [0.5, 0.6) is 0 Å². The van der Waals surface area contributed by atoms with Gasteiger partial charge in [-0.3, -0.25) is 9.59 Å². The summed E-state index contributed by atoms with van der Waals surface area (Å²) in [4.78, 5) is 27.4. The molecular weight excluding hydrogens is 234 g/mol. The van der Waals surface area contributed by atoms with Crippen molar-refractivity contribution in [1.29, 1.82) is 0 Å². The first-order valence-corrected chi connectivity index (χ1v) is 5.68. The predicted molar refractivity (Wildman–Crippen MR) is 64.6 cm³/mol. The van der Waals surface area contributed by atoms with Crippen LogP contribution in [0.25, 0.3) is 0 Å². The second-order valence-electron chi connectivity index (χ2n) is 3.73. The van der Waals surface area contributed by atoms with Gasteiger partial charge in [0.1, 0.15) is 6.61 Å². The summed E-state index contributed by atoms with van der Waals surface area (Å²) in [6.07, 6.45) is 0. The first-order valence-electron chi connectivity index (χ1n) is 5.68. The second kappa shape index (κ2) is 5.44. The molecule has 5 nitrogen and oxygen atoms in total. The number of Topliss-reactive ketones (excluding diaryl/α,β-unsaturated/α-hetero) is 1. The van der Waals surface area contributed by atoms with E-state index in [0.717, 1.165) is 0 Å². The smallest absolute Gasteiger partial charge is 0.326 e. The van der Waals surface area contributed by atoms with E-state index in [2.05, 4.69) is 4.99 Å². The van der Waals surface area contributed by atoms with Crippen LogP contribution in [0.1, 0.15) is 6.92 Å². The molecule has 2 rings (SSSR count). The molecule has 0 saturated carbocycles. The van der Waals surface area contributed by atoms with Crippen LogP contribution in [0.15, 0.2) is 35.3 Å². The highest BCUT2D eigenvalue weighted by molar-refractivity contribution is 6.20. The summed E-state index contributed by atoms with van der Waals surface area (Å²) in [6.45, 7) is 1.78. The molecule has 5 heteroatoms. The van der Waals surface area contributed by atoms with Crippen molar-refractivity contribution in [2.24, 2.45) is 10.9 Å². The molecule has 0 bridgehead atoms. The molecule has 1 heterocycles. The van der Waals surface area contributed by atoms with Crippen molar-refractivity contribution in [3.8, 4) is 0 Å². The lowest BCUT2D eigenvalue weighted by atomic mass is 10.1. The number of carbonyl (C=O) groups is 2. The Kier molecular flexibility index (Phi) is 3.72. The summed E-state index contributed by atoms with van der Waals surface area (Å²) >= 11 is 0. The van der Waals surface area contributed by atoms with E-state index in [1.807, 2.05) is 18.2 Å². The van der Waals surface area contributed by atoms with Gasteiger partial charge in [-0.05, 0) is 19.1 Å². The maximum Gasteiger partial charge on any atom is 0.326 e. The topological polar surface area (TPSA) is 65.0 Å². The molecule has 0 N–H and O–H groups in total. The van der Waals surface area contributed by atoms with E-state index in [1.165, 1.54) is 0 Å². The maximum atomic E-state index is 11.7. The van der Waals surface area contributed by atoms with Crippen molar-refractivity contribution in [1.82, 2.24) is 0 Å². The number of para-hydroxylation sites is 1. The Morgan fingerprint density at radius 3 is 2.83 bits per heavy atom. The van der Waals surface area contributed by atoms with Crippen LogP contribution in [0.4, 0.5) is 5.69 Å². The lowest BCUT2D eigenvalue weighted by molar-refractivity contribution is -0.147. The SMILES string of the molecule is CCOC(=O)C1C(=O)COC1=Nc1ccccc1. The van der Waals surface area contributed by atoms with E-state index >= 15 is 0 Å². The number of aliphatic imine (C=N–C) groups is 1. The van der Waals surface area contributed by atoms with Gasteiger partial charge in [0.25, 0.3) is 0 Å². The molecule has 0 aromatic heterocycles. The molecule has 0 radical (unpaired) electrons. The molecule has 1 aliphatic rings. The molecule has 1 atom stereocenters. The number of benzene rings is 1. The van der Waals surface area contributed by atoms with E-state index in [-0.39, 0.29) is 24.9 Å². The van der Waals surface area contributed by atoms with Crippen molar-refractivity contribution in [3.63, 3.8) is 0 Å². The standard InChI is InChI=1S/C13H13NO4/c1-2-17-13(16)11-10(15)8-18-12(11)14-9-6-4-3-5-7-9/h3-7,11H,2,8H2,1H3. The molecular formula is C13H13NO4. The van der Waals surface area contributed by atoms with Gasteiger partial charge >= 0.3 is 5.97 Å². The summed E-state index contributed by atoms with van der Waals surface area (Å²) in [5, 5.41) is 0. The normalized spacial score (nSPS) is 20.8. The van der Waals surface area contributed by atoms with Crippen LogP contribution in [0.3, 0.4) is 0 Å². The predicted octanol–water partition coefficient (Wildman–Crippen LogP) is 1.50. The van der Waals surface area contributed by atoms with E-state index in [0.29, 0.717) is 5.69 Å². The molecule has 1 aromatic carbocycles. The third-order valence-corrected chi connectivity index (χ3v) is 2.45. The highest BCUT2D eigenvalue weighted by atomic mass is 16.5. The molecule has 0 aliphatic carbocycles. The molecule has 0 amide bonds. The zero-order valence-corrected chi connectivity index (χ0v) is 9.96. The fourth-order valence-electron chi connectivity index (χ4n) is 1.63. The van der Waals surface area contributed by atoms with E-state index in [9.17, 15) is 9.59 Å². The summed E-state index contributed by atoms with van der Waals surface area (Å²) in [5.74, 6) is -1.83. The molecule has 1 aliphatic heterocycles. The first kappa shape index (κ1) is 12.3. The van der Waals surface area contributed by atoms with E-state index < -0.39 is 11.9 Å². The third-order valence-electron chi connectivity index (χ3n) is 2.45. The fourth-order valence-corrected chi connectivity index (χ4v) is 1.63. The zero-order chi connectivity index (χ0) is 13.0. The first-order chi connectivity index (χ1) is 8.72. The van der Waals surface area contributed by atoms with Gasteiger partial charge in [0.2, 0.25) is 5.90 Å². The highest BCUT2D eigenvalue weighted by Crippen LogP contribution is 2.19. The lowest BCUT2D eigenvalue weighted by Crippen LogP contribution is -2.27. The van der Waals surface area contributed by atoms with Gasteiger partial charge in [-0.25, -0.2) is 4.99 Å². The fraction of sp³-hybridized carbons (Fsp3) is 0.308. The Morgan fingerprint density at radius 1 is 1.44 bits per heavy atom. The summed E-state index contributed by atoms with van der Waals surface area (Å²) < 4.78 is 9.99. The Labute approximate surface area is 104 Å². The Hall–Kier alpha value is -2.17. The van der Waals surface area contributed by atoms with Crippen molar-refractivity contribution >= 4 is 23.3 Å². The van der Waals surface area contributed by atoms with Crippen molar-refractivity contribution < 1.29 is 19.1 Å². The van der Waals surface area contributed by atoms with Gasteiger partial charge in [-0.15, -0.1) is 0 Å². The van der Waals surface area contributed by atoms with Crippen molar-refractivity contribution in [3.05, 3.63) is 30.3 Å². The molecule has 0 spiro atoms. The van der Waals surface area contributed by atoms with E-state index in [4.69, 9.17) is 9.47 Å². The van der Waals surface area contributed by atoms with Crippen molar-refractivity contribution in [2.45, 2.75) is 6.92 Å². The van der Waals surface area contributed by atoms with Gasteiger partial charge in [-0.2, -0.15) is 0 Å². The molecule has 94 valence electrons. The summed E-state index contributed by atoms with van der Waals surface area (Å²) in [5.41, 5.74) is 0.636. The minimum Gasteiger partial charge on any atom is -0.472 e. The second-order valence-corrected chi connectivity index (χ2v) is 3.73. The number of hydrogen-bond acceptors (Lipinski definition) is 5. The average molecular weight is 247 g/mol. The number of ether oxygens (including phenoxy) is 2. The van der Waals surface area contributed by atoms with Crippen LogP contribution in [-0.2, 0) is 19.1 Å². The Bertz CT molecular complexity index is 481. The number of esters is 1. The van der Waals surface area contributed by atoms with Gasteiger partial charge in [0.05, 0.1) is 12.3 Å². The van der Waals surface area contributed by atoms with Gasteiger partial charge in [0, 0.05) is 0 Å². The van der Waals surface area contributed by atoms with Gasteiger partial charge in [0.15, 0.2) is 11.7 Å². The maximum absolute atomic E-state index is 11.7. The monoisotopic (exact) mass is 247 g/mol. The van der Waals surface area contributed by atoms with Crippen LogP contribution < -0.4 is 0 Å². The Balaban J connectivity index is 2.24. The number of carbonyl (C=O) groups excluding carboxylic acids is 2. The van der Waals surface area contributed by atoms with Gasteiger partial charge < -0.3 is 9.47 Å². The van der Waals surface area contributed by atoms with Crippen LogP contribution in [-0.4, -0.2) is 30.9 Å². The molecule has 18 heavy (non-hydrogen) atoms. The lowest BCUT2D eigenvalue weighted by Gasteiger charge is -2.06. The number of ketones is 1. The zero-order valence-electron chi connectivity index (χ0n) is 9.96. The largest absolute Gasteiger partial charge is 0.472 e. The molecule has 1 unspecified atom stereocenters. The Morgan fingerprint density at radius 2 is 2.17 bits per heavy atom. The van der Waals surface area contributed by atoms with E-state index in [1.54, 1.807) is 19.1 Å². The molecule has 1 saturated heterocycles. The minimum atomic E-state index is -1.02. The van der Waals surface area contributed by atoms with Crippen LogP contribution >= 0.6 is 0 Å². The molecule has 1 fully saturated rings. The van der Waals surface area contributed by atoms with Crippen LogP contribution in [0, 0.1) is 5.92 Å². The third kappa shape index (κ3) is 2.56. The van der Waals surface area contributed by atoms with Crippen molar-refractivity contribution in [2.75, 3.05) is 13.2 Å².